The SMILES string of the molecule is I.NC(=NC[C@H]1CCO[C@@H]1c1ccccc1)Nc1ccc2c(c1)CCC2. The van der Waals surface area contributed by atoms with Crippen LogP contribution in [0.1, 0.15) is 35.6 Å². The van der Waals surface area contributed by atoms with E-state index in [-0.39, 0.29) is 30.1 Å². The maximum absolute atomic E-state index is 6.11. The molecule has 1 aliphatic carbocycles. The highest BCUT2D eigenvalue weighted by Gasteiger charge is 2.29. The highest BCUT2D eigenvalue weighted by molar-refractivity contribution is 14.0. The van der Waals surface area contributed by atoms with E-state index in [0.717, 1.165) is 18.7 Å². The molecule has 0 saturated carbocycles. The Kier molecular flexibility index (Phi) is 6.53. The Morgan fingerprint density at radius 1 is 1.12 bits per heavy atom. The van der Waals surface area contributed by atoms with E-state index in [1.165, 1.54) is 36.0 Å². The number of rotatable bonds is 4. The lowest BCUT2D eigenvalue weighted by molar-refractivity contribution is 0.0926. The summed E-state index contributed by atoms with van der Waals surface area (Å²) in [5, 5.41) is 3.24. The molecule has 4 rings (SSSR count). The Morgan fingerprint density at radius 3 is 2.77 bits per heavy atom. The highest BCUT2D eigenvalue weighted by atomic mass is 127. The molecule has 0 amide bonds. The third-order valence-electron chi connectivity index (χ3n) is 5.21. The summed E-state index contributed by atoms with van der Waals surface area (Å²) in [4.78, 5) is 4.57. The number of ether oxygens (including phenoxy) is 1. The standard InChI is InChI=1S/C21H25N3O.HI/c22-21(24-19-10-9-15-7-4-8-17(15)13-19)23-14-18-11-12-25-20(18)16-5-2-1-3-6-16;/h1-3,5-6,9-10,13,18,20H,4,7-8,11-12,14H2,(H3,22,23,24);1H/t18-,20-;/m1./s1. The predicted molar refractivity (Wildman–Crippen MR) is 117 cm³/mol. The van der Waals surface area contributed by atoms with Gasteiger partial charge in [-0.15, -0.1) is 24.0 Å². The number of guanidine groups is 1. The third kappa shape index (κ3) is 4.38. The van der Waals surface area contributed by atoms with Crippen LogP contribution in [-0.4, -0.2) is 19.1 Å². The minimum atomic E-state index is 0. The van der Waals surface area contributed by atoms with Gasteiger partial charge in [-0.25, -0.2) is 0 Å². The molecule has 0 spiro atoms. The van der Waals surface area contributed by atoms with Crippen molar-refractivity contribution >= 4 is 35.6 Å². The van der Waals surface area contributed by atoms with E-state index in [1.807, 2.05) is 6.07 Å². The fourth-order valence-corrected chi connectivity index (χ4v) is 3.88. The molecule has 3 N–H and O–H groups in total. The Balaban J connectivity index is 0.00000196. The number of nitrogens with one attached hydrogen (secondary N) is 1. The molecule has 0 bridgehead atoms. The highest BCUT2D eigenvalue weighted by Crippen LogP contribution is 2.34. The van der Waals surface area contributed by atoms with Crippen molar-refractivity contribution in [2.75, 3.05) is 18.5 Å². The van der Waals surface area contributed by atoms with E-state index in [1.54, 1.807) is 0 Å². The normalized spacial score (nSPS) is 21.9. The number of halogens is 1. The Morgan fingerprint density at radius 2 is 1.92 bits per heavy atom. The summed E-state index contributed by atoms with van der Waals surface area (Å²) < 4.78 is 5.92. The molecule has 2 aromatic rings. The predicted octanol–water partition coefficient (Wildman–Crippen LogP) is 4.30. The average Bonchev–Trinajstić information content (AvgIpc) is 3.29. The van der Waals surface area contributed by atoms with Gasteiger partial charge in [-0.1, -0.05) is 36.4 Å². The molecular weight excluding hydrogens is 437 g/mol. The number of fused-ring (bicyclic) bond motifs is 1. The van der Waals surface area contributed by atoms with Gasteiger partial charge in [-0.3, -0.25) is 4.99 Å². The zero-order valence-electron chi connectivity index (χ0n) is 14.9. The number of benzene rings is 2. The first-order chi connectivity index (χ1) is 12.3. The van der Waals surface area contributed by atoms with E-state index in [4.69, 9.17) is 10.5 Å². The van der Waals surface area contributed by atoms with Crippen LogP contribution in [-0.2, 0) is 17.6 Å². The molecule has 2 atom stereocenters. The Labute approximate surface area is 172 Å². The topological polar surface area (TPSA) is 59.6 Å². The van der Waals surface area contributed by atoms with Crippen molar-refractivity contribution in [3.8, 4) is 0 Å². The molecule has 1 aliphatic heterocycles. The summed E-state index contributed by atoms with van der Waals surface area (Å²) in [5.41, 5.74) is 11.3. The smallest absolute Gasteiger partial charge is 0.193 e. The van der Waals surface area contributed by atoms with Gasteiger partial charge in [0.25, 0.3) is 0 Å². The van der Waals surface area contributed by atoms with Crippen molar-refractivity contribution in [1.29, 1.82) is 0 Å². The van der Waals surface area contributed by atoms with Crippen LogP contribution in [0.25, 0.3) is 0 Å². The average molecular weight is 463 g/mol. The second-order valence-corrected chi connectivity index (χ2v) is 6.94. The molecular formula is C21H26IN3O. The first-order valence-electron chi connectivity index (χ1n) is 9.15. The number of hydrogen-bond acceptors (Lipinski definition) is 2. The maximum Gasteiger partial charge on any atom is 0.193 e. The zero-order chi connectivity index (χ0) is 17.1. The molecule has 0 radical (unpaired) electrons. The summed E-state index contributed by atoms with van der Waals surface area (Å²) in [6.07, 6.45) is 4.76. The largest absolute Gasteiger partial charge is 0.373 e. The quantitative estimate of drug-likeness (QED) is 0.404. The molecule has 0 aromatic heterocycles. The van der Waals surface area contributed by atoms with Gasteiger partial charge in [0.15, 0.2) is 5.96 Å². The van der Waals surface area contributed by atoms with E-state index in [9.17, 15) is 0 Å². The summed E-state index contributed by atoms with van der Waals surface area (Å²) in [5.74, 6) is 0.861. The van der Waals surface area contributed by atoms with E-state index in [0.29, 0.717) is 18.4 Å². The summed E-state index contributed by atoms with van der Waals surface area (Å²) in [6.45, 7) is 1.47. The fraction of sp³-hybridized carbons (Fsp3) is 0.381. The van der Waals surface area contributed by atoms with Crippen molar-refractivity contribution < 1.29 is 4.74 Å². The number of nitrogens with zero attached hydrogens (tertiary/aromatic N) is 1. The molecule has 5 heteroatoms. The van der Waals surface area contributed by atoms with Crippen molar-refractivity contribution in [2.24, 2.45) is 16.6 Å². The molecule has 1 fully saturated rings. The van der Waals surface area contributed by atoms with Gasteiger partial charge in [0.2, 0.25) is 0 Å². The van der Waals surface area contributed by atoms with Crippen LogP contribution in [0.15, 0.2) is 53.5 Å². The zero-order valence-corrected chi connectivity index (χ0v) is 17.2. The van der Waals surface area contributed by atoms with Gasteiger partial charge < -0.3 is 15.8 Å². The van der Waals surface area contributed by atoms with Crippen LogP contribution in [0.2, 0.25) is 0 Å². The lowest BCUT2D eigenvalue weighted by Gasteiger charge is -2.17. The second-order valence-electron chi connectivity index (χ2n) is 6.94. The van der Waals surface area contributed by atoms with Crippen molar-refractivity contribution in [1.82, 2.24) is 0 Å². The van der Waals surface area contributed by atoms with Crippen LogP contribution in [0.5, 0.6) is 0 Å². The number of hydrogen-bond donors (Lipinski definition) is 2. The van der Waals surface area contributed by atoms with Gasteiger partial charge in [0, 0.05) is 24.8 Å². The van der Waals surface area contributed by atoms with E-state index < -0.39 is 0 Å². The summed E-state index contributed by atoms with van der Waals surface area (Å²) in [6, 6.07) is 16.9. The summed E-state index contributed by atoms with van der Waals surface area (Å²) in [7, 11) is 0. The molecule has 2 aromatic carbocycles. The molecule has 1 heterocycles. The van der Waals surface area contributed by atoms with Crippen LogP contribution >= 0.6 is 24.0 Å². The van der Waals surface area contributed by atoms with Gasteiger partial charge in [0.1, 0.15) is 0 Å². The van der Waals surface area contributed by atoms with Gasteiger partial charge in [-0.2, -0.15) is 0 Å². The Hall–Kier alpha value is -1.60. The van der Waals surface area contributed by atoms with Gasteiger partial charge in [-0.05, 0) is 54.5 Å². The van der Waals surface area contributed by atoms with Crippen molar-refractivity contribution in [2.45, 2.75) is 31.8 Å². The number of nitrogens with two attached hydrogens (primary N) is 1. The van der Waals surface area contributed by atoms with Crippen LogP contribution in [0, 0.1) is 5.92 Å². The molecule has 4 nitrogen and oxygen atoms in total. The van der Waals surface area contributed by atoms with Gasteiger partial charge >= 0.3 is 0 Å². The lowest BCUT2D eigenvalue weighted by Crippen LogP contribution is -2.24. The minimum Gasteiger partial charge on any atom is -0.373 e. The van der Waals surface area contributed by atoms with Crippen LogP contribution < -0.4 is 11.1 Å². The van der Waals surface area contributed by atoms with Crippen molar-refractivity contribution in [3.63, 3.8) is 0 Å². The lowest BCUT2D eigenvalue weighted by atomic mass is 9.95. The summed E-state index contributed by atoms with van der Waals surface area (Å²) >= 11 is 0. The molecule has 138 valence electrons. The molecule has 2 aliphatic rings. The van der Waals surface area contributed by atoms with E-state index >= 15 is 0 Å². The third-order valence-corrected chi connectivity index (χ3v) is 5.21. The van der Waals surface area contributed by atoms with E-state index in [2.05, 4.69) is 52.8 Å². The van der Waals surface area contributed by atoms with Crippen LogP contribution in [0.4, 0.5) is 5.69 Å². The van der Waals surface area contributed by atoms with Gasteiger partial charge in [0.05, 0.1) is 6.10 Å². The minimum absolute atomic E-state index is 0. The monoisotopic (exact) mass is 463 g/mol. The second kappa shape index (κ2) is 8.86. The van der Waals surface area contributed by atoms with Crippen molar-refractivity contribution in [3.05, 3.63) is 65.2 Å². The number of aliphatic imine (C=N–C) groups is 1. The Bertz CT molecular complexity index is 763. The molecule has 26 heavy (non-hydrogen) atoms. The number of aryl methyl sites for hydroxylation is 2. The van der Waals surface area contributed by atoms with Crippen LogP contribution in [0.3, 0.4) is 0 Å². The fourth-order valence-electron chi connectivity index (χ4n) is 3.88. The first kappa shape index (κ1) is 19.2. The first-order valence-corrected chi connectivity index (χ1v) is 9.15. The molecule has 0 unspecified atom stereocenters. The number of anilines is 1. The molecule has 1 saturated heterocycles. The maximum atomic E-state index is 6.11.